The van der Waals surface area contributed by atoms with Gasteiger partial charge in [-0.1, -0.05) is 48.5 Å². The smallest absolute Gasteiger partial charge is 0.258 e. The first-order valence-electron chi connectivity index (χ1n) is 6.32. The van der Waals surface area contributed by atoms with E-state index in [1.807, 2.05) is 48.5 Å². The number of aromatic hydroxyl groups is 1. The molecule has 0 fully saturated rings. The molecule has 0 unspecified atom stereocenters. The van der Waals surface area contributed by atoms with E-state index in [0.717, 1.165) is 5.56 Å². The zero-order valence-electron chi connectivity index (χ0n) is 10.7. The summed E-state index contributed by atoms with van der Waals surface area (Å²) in [6, 6.07) is 21.7. The van der Waals surface area contributed by atoms with Gasteiger partial charge < -0.3 is 5.11 Å². The second-order valence-electron chi connectivity index (χ2n) is 4.48. The van der Waals surface area contributed by atoms with Crippen molar-refractivity contribution in [1.82, 2.24) is 4.57 Å². The summed E-state index contributed by atoms with van der Waals surface area (Å²) in [4.78, 5) is 12.2. The molecule has 3 heteroatoms. The maximum Gasteiger partial charge on any atom is 0.258 e. The topological polar surface area (TPSA) is 42.2 Å². The summed E-state index contributed by atoms with van der Waals surface area (Å²) in [7, 11) is 0. The first-order chi connectivity index (χ1) is 9.75. The van der Waals surface area contributed by atoms with Gasteiger partial charge in [-0.2, -0.15) is 0 Å². The highest BCUT2D eigenvalue weighted by Gasteiger charge is 2.08. The Morgan fingerprint density at radius 2 is 1.35 bits per heavy atom. The van der Waals surface area contributed by atoms with Crippen molar-refractivity contribution in [2.75, 3.05) is 0 Å². The van der Waals surface area contributed by atoms with E-state index >= 15 is 0 Å². The summed E-state index contributed by atoms with van der Waals surface area (Å²) in [6.07, 6.45) is 0. The van der Waals surface area contributed by atoms with Crippen LogP contribution < -0.4 is 5.56 Å². The van der Waals surface area contributed by atoms with Crippen LogP contribution in [0.25, 0.3) is 16.8 Å². The molecule has 0 spiro atoms. The summed E-state index contributed by atoms with van der Waals surface area (Å²) in [6.45, 7) is 0. The third kappa shape index (κ3) is 2.21. The Balaban J connectivity index is 2.16. The molecule has 3 nitrogen and oxygen atoms in total. The van der Waals surface area contributed by atoms with Crippen LogP contribution in [0.2, 0.25) is 0 Å². The second kappa shape index (κ2) is 5.05. The van der Waals surface area contributed by atoms with Crippen molar-refractivity contribution in [3.8, 4) is 22.7 Å². The molecule has 0 atom stereocenters. The van der Waals surface area contributed by atoms with E-state index in [1.54, 1.807) is 18.2 Å². The lowest BCUT2D eigenvalue weighted by molar-refractivity contribution is 0.436. The Labute approximate surface area is 116 Å². The third-order valence-electron chi connectivity index (χ3n) is 3.13. The Kier molecular flexibility index (Phi) is 3.09. The fourth-order valence-electron chi connectivity index (χ4n) is 2.19. The molecule has 0 aliphatic rings. The van der Waals surface area contributed by atoms with Gasteiger partial charge in [0, 0.05) is 12.1 Å². The fraction of sp³-hybridized carbons (Fsp3) is 0. The van der Waals surface area contributed by atoms with Crippen molar-refractivity contribution >= 4 is 0 Å². The predicted octanol–water partition coefficient (Wildman–Crippen LogP) is 3.21. The third-order valence-corrected chi connectivity index (χ3v) is 3.13. The summed E-state index contributed by atoms with van der Waals surface area (Å²) in [5.74, 6) is -0.0671. The average Bonchev–Trinajstić information content (AvgIpc) is 2.48. The Hall–Kier alpha value is -2.81. The number of para-hydroxylation sites is 1. The maximum atomic E-state index is 12.2. The minimum absolute atomic E-state index is 0.0671. The molecule has 0 aliphatic carbocycles. The molecule has 1 aromatic heterocycles. The Morgan fingerprint density at radius 3 is 1.95 bits per heavy atom. The average molecular weight is 263 g/mol. The number of pyridine rings is 1. The van der Waals surface area contributed by atoms with Crippen LogP contribution in [0.1, 0.15) is 0 Å². The zero-order chi connectivity index (χ0) is 13.9. The van der Waals surface area contributed by atoms with Crippen molar-refractivity contribution in [1.29, 1.82) is 0 Å². The van der Waals surface area contributed by atoms with Crippen LogP contribution in [0.15, 0.2) is 77.6 Å². The summed E-state index contributed by atoms with van der Waals surface area (Å²) < 4.78 is 1.28. The normalized spacial score (nSPS) is 10.4. The minimum atomic E-state index is -0.255. The lowest BCUT2D eigenvalue weighted by atomic mass is 10.1. The molecular weight excluding hydrogens is 250 g/mol. The number of benzene rings is 2. The van der Waals surface area contributed by atoms with E-state index in [2.05, 4.69) is 0 Å². The van der Waals surface area contributed by atoms with Crippen LogP contribution in [-0.4, -0.2) is 9.67 Å². The first-order valence-corrected chi connectivity index (χ1v) is 6.32. The van der Waals surface area contributed by atoms with Gasteiger partial charge in [0.05, 0.1) is 5.69 Å². The number of hydrogen-bond acceptors (Lipinski definition) is 2. The number of nitrogens with zero attached hydrogens (tertiary/aromatic N) is 1. The molecule has 1 N–H and O–H groups in total. The van der Waals surface area contributed by atoms with Gasteiger partial charge in [0.2, 0.25) is 0 Å². The van der Waals surface area contributed by atoms with Gasteiger partial charge in [0.15, 0.2) is 5.88 Å². The van der Waals surface area contributed by atoms with Crippen molar-refractivity contribution < 1.29 is 5.11 Å². The Morgan fingerprint density at radius 1 is 0.750 bits per heavy atom. The van der Waals surface area contributed by atoms with Crippen LogP contribution in [0.5, 0.6) is 5.88 Å². The van der Waals surface area contributed by atoms with E-state index in [1.165, 1.54) is 10.6 Å². The molecule has 1 heterocycles. The molecule has 3 aromatic rings. The minimum Gasteiger partial charge on any atom is -0.494 e. The van der Waals surface area contributed by atoms with Crippen LogP contribution in [-0.2, 0) is 0 Å². The fourth-order valence-corrected chi connectivity index (χ4v) is 2.19. The molecule has 98 valence electrons. The largest absolute Gasteiger partial charge is 0.494 e. The summed E-state index contributed by atoms with van der Waals surface area (Å²) in [5.41, 5.74) is 2.00. The maximum absolute atomic E-state index is 12.2. The molecule has 0 saturated carbocycles. The molecule has 0 amide bonds. The lowest BCUT2D eigenvalue weighted by Gasteiger charge is -2.10. The lowest BCUT2D eigenvalue weighted by Crippen LogP contribution is -2.17. The molecule has 0 saturated heterocycles. The first kappa shape index (κ1) is 12.2. The number of hydrogen-bond donors (Lipinski definition) is 1. The highest BCUT2D eigenvalue weighted by Crippen LogP contribution is 2.23. The van der Waals surface area contributed by atoms with Gasteiger partial charge in [-0.15, -0.1) is 0 Å². The van der Waals surface area contributed by atoms with Crippen LogP contribution in [0.3, 0.4) is 0 Å². The molecule has 3 rings (SSSR count). The summed E-state index contributed by atoms with van der Waals surface area (Å²) in [5, 5.41) is 10.1. The highest BCUT2D eigenvalue weighted by atomic mass is 16.3. The number of aromatic nitrogens is 1. The second-order valence-corrected chi connectivity index (χ2v) is 4.48. The predicted molar refractivity (Wildman–Crippen MR) is 79.1 cm³/mol. The molecule has 0 radical (unpaired) electrons. The molecule has 0 bridgehead atoms. The molecule has 0 aliphatic heterocycles. The van der Waals surface area contributed by atoms with E-state index in [9.17, 15) is 9.90 Å². The standard InChI is InChI=1S/C17H13NO2/c19-16-11-14(13-7-3-1-4-8-13)12-17(20)18(16)15-9-5-2-6-10-15/h1-12,19H. The SMILES string of the molecule is O=c1cc(-c2ccccc2)cc(O)n1-c1ccccc1. The van der Waals surface area contributed by atoms with Crippen molar-refractivity contribution in [3.05, 3.63) is 83.2 Å². The van der Waals surface area contributed by atoms with Crippen molar-refractivity contribution in [2.24, 2.45) is 0 Å². The van der Waals surface area contributed by atoms with Gasteiger partial charge in [-0.05, 0) is 23.3 Å². The van der Waals surface area contributed by atoms with Crippen LogP contribution in [0, 0.1) is 0 Å². The van der Waals surface area contributed by atoms with Gasteiger partial charge in [0.1, 0.15) is 0 Å². The molecule has 20 heavy (non-hydrogen) atoms. The monoisotopic (exact) mass is 263 g/mol. The molecule has 2 aromatic carbocycles. The molecular formula is C17H13NO2. The van der Waals surface area contributed by atoms with Crippen LogP contribution in [0.4, 0.5) is 0 Å². The van der Waals surface area contributed by atoms with E-state index < -0.39 is 0 Å². The summed E-state index contributed by atoms with van der Waals surface area (Å²) >= 11 is 0. The van der Waals surface area contributed by atoms with E-state index in [0.29, 0.717) is 11.3 Å². The Bertz CT molecular complexity index is 777. The van der Waals surface area contributed by atoms with E-state index in [4.69, 9.17) is 0 Å². The van der Waals surface area contributed by atoms with Crippen molar-refractivity contribution in [2.45, 2.75) is 0 Å². The quantitative estimate of drug-likeness (QED) is 0.771. The zero-order valence-corrected chi connectivity index (χ0v) is 10.7. The van der Waals surface area contributed by atoms with Gasteiger partial charge in [0.25, 0.3) is 5.56 Å². The highest BCUT2D eigenvalue weighted by molar-refractivity contribution is 5.64. The van der Waals surface area contributed by atoms with Gasteiger partial charge in [-0.25, -0.2) is 4.57 Å². The van der Waals surface area contributed by atoms with Crippen molar-refractivity contribution in [3.63, 3.8) is 0 Å². The van der Waals surface area contributed by atoms with Gasteiger partial charge >= 0.3 is 0 Å². The van der Waals surface area contributed by atoms with Crippen LogP contribution >= 0.6 is 0 Å². The van der Waals surface area contributed by atoms with E-state index in [-0.39, 0.29) is 11.4 Å². The van der Waals surface area contributed by atoms with Gasteiger partial charge in [-0.3, -0.25) is 4.79 Å². The number of rotatable bonds is 2.